The molecule has 0 aliphatic rings. The van der Waals surface area contributed by atoms with Crippen molar-refractivity contribution in [2.75, 3.05) is 21.1 Å². The Hall–Kier alpha value is -4.26. The summed E-state index contributed by atoms with van der Waals surface area (Å²) in [6, 6.07) is 33.6. The van der Waals surface area contributed by atoms with Gasteiger partial charge in [-0.1, -0.05) is 78.9 Å². The number of para-hydroxylation sites is 1. The number of aromatic nitrogens is 5. The van der Waals surface area contributed by atoms with Crippen LogP contribution in [0.25, 0.3) is 55.7 Å². The SMILES string of the molecule is CN(C)C.Cl.c1ccc(-c2cc(-c3nnn[nH]3)c(-c3ccccc3)c(-c3c[nH]c4ccccc34)c2)cc1. The Morgan fingerprint density at radius 3 is 1.89 bits per heavy atom. The van der Waals surface area contributed by atoms with Crippen LogP contribution in [0.5, 0.6) is 0 Å². The molecule has 6 aromatic rings. The fraction of sp³-hybridized carbons (Fsp3) is 0.100. The van der Waals surface area contributed by atoms with Gasteiger partial charge in [-0.2, -0.15) is 0 Å². The van der Waals surface area contributed by atoms with Crippen LogP contribution in [-0.4, -0.2) is 51.7 Å². The molecule has 0 fully saturated rings. The van der Waals surface area contributed by atoms with Gasteiger partial charge in [-0.15, -0.1) is 17.5 Å². The second kappa shape index (κ2) is 11.6. The van der Waals surface area contributed by atoms with Crippen molar-refractivity contribution in [3.05, 3.63) is 103 Å². The fourth-order valence-electron chi connectivity index (χ4n) is 4.32. The Labute approximate surface area is 222 Å². The summed E-state index contributed by atoms with van der Waals surface area (Å²) >= 11 is 0. The summed E-state index contributed by atoms with van der Waals surface area (Å²) < 4.78 is 0. The lowest BCUT2D eigenvalue weighted by Gasteiger charge is -2.17. The predicted molar refractivity (Wildman–Crippen MR) is 155 cm³/mol. The normalized spacial score (nSPS) is 10.6. The molecule has 0 unspecified atom stereocenters. The molecule has 0 amide bonds. The third-order valence-corrected chi connectivity index (χ3v) is 5.79. The van der Waals surface area contributed by atoms with E-state index in [0.717, 1.165) is 44.5 Å². The number of hydrogen-bond acceptors (Lipinski definition) is 4. The van der Waals surface area contributed by atoms with E-state index in [0.29, 0.717) is 5.82 Å². The van der Waals surface area contributed by atoms with Gasteiger partial charge in [0, 0.05) is 33.8 Å². The van der Waals surface area contributed by atoms with Gasteiger partial charge in [0.05, 0.1) is 0 Å². The van der Waals surface area contributed by atoms with Crippen LogP contribution >= 0.6 is 12.4 Å². The second-order valence-electron chi connectivity index (χ2n) is 9.02. The Morgan fingerprint density at radius 1 is 0.649 bits per heavy atom. The second-order valence-corrected chi connectivity index (χ2v) is 9.02. The van der Waals surface area contributed by atoms with Gasteiger partial charge < -0.3 is 9.88 Å². The van der Waals surface area contributed by atoms with Gasteiger partial charge in [0.15, 0.2) is 5.82 Å². The number of fused-ring (bicyclic) bond motifs is 1. The largest absolute Gasteiger partial charge is 0.361 e. The molecule has 0 aliphatic carbocycles. The molecule has 6 nitrogen and oxygen atoms in total. The van der Waals surface area contributed by atoms with Crippen LogP contribution in [0.1, 0.15) is 0 Å². The Bertz CT molecular complexity index is 1560. The number of nitrogens with one attached hydrogen (secondary N) is 2. The van der Waals surface area contributed by atoms with Gasteiger partial charge in [-0.3, -0.25) is 0 Å². The smallest absolute Gasteiger partial charge is 0.180 e. The molecule has 6 rings (SSSR count). The van der Waals surface area contributed by atoms with Gasteiger partial charge in [0.1, 0.15) is 0 Å². The molecule has 0 aliphatic heterocycles. The van der Waals surface area contributed by atoms with Crippen LogP contribution in [0, 0.1) is 0 Å². The minimum atomic E-state index is 0. The van der Waals surface area contributed by atoms with E-state index in [9.17, 15) is 0 Å². The van der Waals surface area contributed by atoms with Crippen LogP contribution in [0.2, 0.25) is 0 Å². The third-order valence-electron chi connectivity index (χ3n) is 5.79. The average Bonchev–Trinajstić information content (AvgIpc) is 3.59. The lowest BCUT2D eigenvalue weighted by atomic mass is 9.86. The molecule has 7 heteroatoms. The molecule has 0 spiro atoms. The fourth-order valence-corrected chi connectivity index (χ4v) is 4.32. The summed E-state index contributed by atoms with van der Waals surface area (Å²) in [7, 11) is 6.00. The maximum atomic E-state index is 4.27. The van der Waals surface area contributed by atoms with Crippen molar-refractivity contribution in [3.8, 4) is 44.8 Å². The Balaban J connectivity index is 0.000000599. The number of halogens is 1. The summed E-state index contributed by atoms with van der Waals surface area (Å²) in [5, 5.41) is 16.1. The van der Waals surface area contributed by atoms with Crippen LogP contribution in [0.15, 0.2) is 103 Å². The zero-order chi connectivity index (χ0) is 24.9. The number of tetrazole rings is 1. The van der Waals surface area contributed by atoms with Crippen LogP contribution in [-0.2, 0) is 0 Å². The number of H-pyrrole nitrogens is 2. The summed E-state index contributed by atoms with van der Waals surface area (Å²) in [5.41, 5.74) is 8.79. The predicted octanol–water partition coefficient (Wildman–Crippen LogP) is 6.95. The minimum Gasteiger partial charge on any atom is -0.361 e. The number of benzene rings is 4. The minimum absolute atomic E-state index is 0. The molecule has 37 heavy (non-hydrogen) atoms. The molecule has 2 heterocycles. The van der Waals surface area contributed by atoms with Crippen molar-refractivity contribution in [3.63, 3.8) is 0 Å². The number of hydrogen-bond donors (Lipinski definition) is 2. The van der Waals surface area contributed by atoms with Crippen LogP contribution in [0.4, 0.5) is 0 Å². The Morgan fingerprint density at radius 2 is 1.24 bits per heavy atom. The lowest BCUT2D eigenvalue weighted by Crippen LogP contribution is -1.99. The summed E-state index contributed by atoms with van der Waals surface area (Å²) in [6.07, 6.45) is 2.09. The number of aromatic amines is 2. The van der Waals surface area contributed by atoms with Crippen molar-refractivity contribution in [1.82, 2.24) is 30.5 Å². The third kappa shape index (κ3) is 5.61. The van der Waals surface area contributed by atoms with E-state index in [4.69, 9.17) is 0 Å². The van der Waals surface area contributed by atoms with E-state index in [-0.39, 0.29) is 12.4 Å². The molecule has 0 bridgehead atoms. The van der Waals surface area contributed by atoms with Crippen LogP contribution < -0.4 is 0 Å². The molecule has 0 saturated carbocycles. The molecule has 0 atom stereocenters. The molecule has 0 saturated heterocycles. The lowest BCUT2D eigenvalue weighted by molar-refractivity contribution is 0.505. The zero-order valence-electron chi connectivity index (χ0n) is 21.0. The summed E-state index contributed by atoms with van der Waals surface area (Å²) in [5.74, 6) is 0.641. The summed E-state index contributed by atoms with van der Waals surface area (Å²) in [6.45, 7) is 0. The van der Waals surface area contributed by atoms with Gasteiger partial charge in [-0.25, -0.2) is 5.10 Å². The van der Waals surface area contributed by atoms with Gasteiger partial charge in [0.25, 0.3) is 0 Å². The maximum absolute atomic E-state index is 4.27. The highest BCUT2D eigenvalue weighted by atomic mass is 35.5. The summed E-state index contributed by atoms with van der Waals surface area (Å²) in [4.78, 5) is 5.43. The quantitative estimate of drug-likeness (QED) is 0.270. The molecule has 0 radical (unpaired) electrons. The van der Waals surface area contributed by atoms with Crippen molar-refractivity contribution < 1.29 is 0 Å². The topological polar surface area (TPSA) is 73.5 Å². The first-order valence-electron chi connectivity index (χ1n) is 11.8. The van der Waals surface area contributed by atoms with E-state index in [1.807, 2.05) is 44.2 Å². The average molecular weight is 509 g/mol. The molecule has 186 valence electrons. The van der Waals surface area contributed by atoms with Gasteiger partial charge in [-0.05, 0) is 72.0 Å². The van der Waals surface area contributed by atoms with Crippen molar-refractivity contribution in [2.24, 2.45) is 0 Å². The molecular weight excluding hydrogens is 480 g/mol. The van der Waals surface area contributed by atoms with E-state index in [2.05, 4.69) is 111 Å². The zero-order valence-corrected chi connectivity index (χ0v) is 21.8. The van der Waals surface area contributed by atoms with E-state index in [1.54, 1.807) is 0 Å². The number of nitrogens with zero attached hydrogens (tertiary/aromatic N) is 4. The van der Waals surface area contributed by atoms with Crippen molar-refractivity contribution >= 4 is 23.3 Å². The first kappa shape index (κ1) is 25.8. The Kier molecular flexibility index (Phi) is 8.13. The highest BCUT2D eigenvalue weighted by Crippen LogP contribution is 2.44. The van der Waals surface area contributed by atoms with Crippen molar-refractivity contribution in [2.45, 2.75) is 0 Å². The van der Waals surface area contributed by atoms with E-state index in [1.165, 1.54) is 5.39 Å². The molecule has 2 aromatic heterocycles. The maximum Gasteiger partial charge on any atom is 0.180 e. The molecule has 2 N–H and O–H groups in total. The van der Waals surface area contributed by atoms with Crippen LogP contribution in [0.3, 0.4) is 0 Å². The molecule has 4 aromatic carbocycles. The highest BCUT2D eigenvalue weighted by molar-refractivity contribution is 6.04. The first-order chi connectivity index (χ1) is 17.6. The van der Waals surface area contributed by atoms with Gasteiger partial charge >= 0.3 is 0 Å². The molecular formula is C30H29ClN6. The van der Waals surface area contributed by atoms with E-state index < -0.39 is 0 Å². The van der Waals surface area contributed by atoms with Gasteiger partial charge in [0.2, 0.25) is 0 Å². The number of rotatable bonds is 4. The monoisotopic (exact) mass is 508 g/mol. The standard InChI is InChI=1S/C27H19N5.C3H9N.ClH/c1-3-9-18(10-4-1)20-15-22(24-17-28-25-14-8-7-13-21(24)25)26(19-11-5-2-6-12-19)23(16-20)27-29-31-32-30-27;1-4(2)3;/h1-17,28H,(H,29,30,31,32);1-3H3;1H. The van der Waals surface area contributed by atoms with E-state index >= 15 is 0 Å². The first-order valence-corrected chi connectivity index (χ1v) is 11.8. The highest BCUT2D eigenvalue weighted by Gasteiger charge is 2.20. The van der Waals surface area contributed by atoms with Crippen molar-refractivity contribution in [1.29, 1.82) is 0 Å².